The van der Waals surface area contributed by atoms with Gasteiger partial charge < -0.3 is 37.7 Å². The van der Waals surface area contributed by atoms with Crippen molar-refractivity contribution >= 4 is 55.7 Å². The highest BCUT2D eigenvalue weighted by molar-refractivity contribution is 7.64. The lowest BCUT2D eigenvalue weighted by Gasteiger charge is -2.36. The van der Waals surface area contributed by atoms with Crippen LogP contribution in [0.25, 0.3) is 11.0 Å². The lowest BCUT2D eigenvalue weighted by atomic mass is 10.1. The van der Waals surface area contributed by atoms with Crippen LogP contribution in [0.1, 0.15) is 73.5 Å². The Morgan fingerprint density at radius 2 is 1.77 bits per heavy atom. The second-order valence-electron chi connectivity index (χ2n) is 17.1. The Morgan fingerprint density at radius 3 is 2.38 bits per heavy atom. The van der Waals surface area contributed by atoms with E-state index in [1.165, 1.54) is 13.3 Å². The molecule has 4 heterocycles. The fourth-order valence-electron chi connectivity index (χ4n) is 6.87. The number of esters is 1. The van der Waals surface area contributed by atoms with Crippen LogP contribution in [0.4, 0.5) is 10.6 Å². The minimum atomic E-state index is -3.36. The Morgan fingerprint density at radius 1 is 1.11 bits per heavy atom. The molecule has 15 nitrogen and oxygen atoms in total. The zero-order valence-electron chi connectivity index (χ0n) is 33.0. The Bertz CT molecular complexity index is 1690. The van der Waals surface area contributed by atoms with E-state index in [0.29, 0.717) is 23.5 Å². The standard InChI is InChI=1S/C35H57ClN5O10PSi/c1-12-46-30(42)35(52(7,8)44,21-45-17-18-53(9,10)11)47-20-24-25-26(50-34(5,6)49-25)29(48-24)41-28-23(19-37-41)27(38-31(36)39-28)40(22-15-13-14-16-22)32(43)51-33(2,3)4/h19,22,24-26,29H,12-18,20-21H2,1-11H3/t24-,25-,26-,29-,35?/m1/s1. The van der Waals surface area contributed by atoms with E-state index in [-0.39, 0.29) is 31.1 Å². The van der Waals surface area contributed by atoms with Crippen molar-refractivity contribution in [2.24, 2.45) is 0 Å². The van der Waals surface area contributed by atoms with E-state index >= 15 is 0 Å². The normalized spacial score (nSPS) is 24.7. The lowest BCUT2D eigenvalue weighted by molar-refractivity contribution is -0.209. The number of rotatable bonds is 14. The predicted molar refractivity (Wildman–Crippen MR) is 203 cm³/mol. The number of ether oxygens (including phenoxy) is 7. The first-order chi connectivity index (χ1) is 24.6. The highest BCUT2D eigenvalue weighted by Gasteiger charge is 2.59. The number of hydrogen-bond acceptors (Lipinski definition) is 13. The Labute approximate surface area is 318 Å². The molecule has 18 heteroatoms. The van der Waals surface area contributed by atoms with Crippen LogP contribution in [-0.4, -0.2) is 121 Å². The van der Waals surface area contributed by atoms with Gasteiger partial charge in [0, 0.05) is 20.7 Å². The summed E-state index contributed by atoms with van der Waals surface area (Å²) in [5.41, 5.74) is -0.424. The maximum atomic E-state index is 13.9. The van der Waals surface area contributed by atoms with Crippen molar-refractivity contribution in [1.82, 2.24) is 19.7 Å². The second kappa shape index (κ2) is 15.8. The molecule has 3 fully saturated rings. The average Bonchev–Trinajstić information content (AvgIpc) is 3.80. The van der Waals surface area contributed by atoms with Crippen LogP contribution in [0.5, 0.6) is 0 Å². The summed E-state index contributed by atoms with van der Waals surface area (Å²) in [4.78, 5) is 37.9. The van der Waals surface area contributed by atoms with Crippen molar-refractivity contribution in [3.8, 4) is 0 Å². The highest BCUT2D eigenvalue weighted by atomic mass is 35.5. The summed E-state index contributed by atoms with van der Waals surface area (Å²) in [6.07, 6.45) is 1.47. The molecule has 2 aromatic heterocycles. The van der Waals surface area contributed by atoms with Crippen molar-refractivity contribution in [2.45, 2.75) is 140 Å². The summed E-state index contributed by atoms with van der Waals surface area (Å²) in [6, 6.07) is 0.709. The molecule has 1 saturated carbocycles. The summed E-state index contributed by atoms with van der Waals surface area (Å²) in [7, 11) is -4.81. The molecule has 1 aliphatic carbocycles. The third-order valence-electron chi connectivity index (χ3n) is 9.53. The van der Waals surface area contributed by atoms with Gasteiger partial charge in [0.25, 0.3) is 0 Å². The van der Waals surface area contributed by atoms with Crippen LogP contribution in [0.2, 0.25) is 31.0 Å². The Hall–Kier alpha value is -2.17. The molecule has 2 saturated heterocycles. The number of carbonyl (C=O) groups excluding carboxylic acids is 2. The van der Waals surface area contributed by atoms with Gasteiger partial charge in [-0.3, -0.25) is 4.90 Å². The maximum Gasteiger partial charge on any atom is 0.416 e. The molecule has 3 aliphatic rings. The van der Waals surface area contributed by atoms with E-state index in [4.69, 9.17) is 44.8 Å². The highest BCUT2D eigenvalue weighted by Crippen LogP contribution is 2.54. The number of nitrogens with zero attached hydrogens (tertiary/aromatic N) is 5. The molecule has 0 N–H and O–H groups in total. The van der Waals surface area contributed by atoms with Crippen LogP contribution >= 0.6 is 18.7 Å². The van der Waals surface area contributed by atoms with Crippen molar-refractivity contribution in [1.29, 1.82) is 0 Å². The number of aromatic nitrogens is 4. The molecular weight excluding hydrogens is 745 g/mol. The molecule has 0 radical (unpaired) electrons. The van der Waals surface area contributed by atoms with Gasteiger partial charge in [-0.2, -0.15) is 15.1 Å². The second-order valence-corrected chi connectivity index (χ2v) is 26.5. The van der Waals surface area contributed by atoms with Crippen molar-refractivity contribution < 1.29 is 47.3 Å². The Kier molecular flexibility index (Phi) is 12.5. The van der Waals surface area contributed by atoms with Crippen LogP contribution in [0.15, 0.2) is 6.20 Å². The average molecular weight is 802 g/mol. The summed E-state index contributed by atoms with van der Waals surface area (Å²) in [5, 5.41) is 3.18. The molecule has 1 amide bonds. The fraction of sp³-hybridized carbons (Fsp3) is 0.800. The van der Waals surface area contributed by atoms with Gasteiger partial charge in [0.1, 0.15) is 31.1 Å². The summed E-state index contributed by atoms with van der Waals surface area (Å²) in [5.74, 6) is -1.47. The molecular formula is C35H57ClN5O10PSi. The van der Waals surface area contributed by atoms with Gasteiger partial charge in [0.2, 0.25) is 10.6 Å². The monoisotopic (exact) mass is 801 g/mol. The van der Waals surface area contributed by atoms with Crippen LogP contribution < -0.4 is 4.90 Å². The molecule has 0 spiro atoms. The van der Waals surface area contributed by atoms with Crippen molar-refractivity contribution in [3.05, 3.63) is 11.5 Å². The molecule has 2 aromatic rings. The van der Waals surface area contributed by atoms with Gasteiger partial charge in [-0.25, -0.2) is 14.3 Å². The third-order valence-corrected chi connectivity index (χ3v) is 13.6. The minimum Gasteiger partial charge on any atom is -0.463 e. The lowest BCUT2D eigenvalue weighted by Crippen LogP contribution is -2.49. The molecule has 53 heavy (non-hydrogen) atoms. The number of amides is 1. The first kappa shape index (κ1) is 42.0. The Balaban J connectivity index is 1.48. The zero-order valence-corrected chi connectivity index (χ0v) is 35.6. The van der Waals surface area contributed by atoms with E-state index in [2.05, 4.69) is 34.7 Å². The number of anilines is 1. The van der Waals surface area contributed by atoms with Gasteiger partial charge in [-0.15, -0.1) is 0 Å². The van der Waals surface area contributed by atoms with E-state index in [1.54, 1.807) is 36.5 Å². The van der Waals surface area contributed by atoms with Gasteiger partial charge in [-0.1, -0.05) is 32.5 Å². The molecule has 0 aromatic carbocycles. The quantitative estimate of drug-likeness (QED) is 0.0643. The first-order valence-electron chi connectivity index (χ1n) is 18.4. The fourth-order valence-corrected chi connectivity index (χ4v) is 9.08. The van der Waals surface area contributed by atoms with Gasteiger partial charge >= 0.3 is 12.1 Å². The molecule has 0 bridgehead atoms. The van der Waals surface area contributed by atoms with Gasteiger partial charge in [0.15, 0.2) is 23.5 Å². The molecule has 298 valence electrons. The van der Waals surface area contributed by atoms with E-state index in [1.807, 2.05) is 20.8 Å². The molecule has 2 aliphatic heterocycles. The number of fused-ring (bicyclic) bond motifs is 2. The molecule has 1 unspecified atom stereocenters. The number of carbonyl (C=O) groups is 2. The predicted octanol–water partition coefficient (Wildman–Crippen LogP) is 6.83. The van der Waals surface area contributed by atoms with Crippen LogP contribution in [-0.2, 0) is 42.5 Å². The minimum absolute atomic E-state index is 0.0710. The van der Waals surface area contributed by atoms with E-state index < -0.39 is 68.5 Å². The molecule has 5 atom stereocenters. The number of halogens is 1. The topological polar surface area (TPSA) is 163 Å². The van der Waals surface area contributed by atoms with E-state index in [0.717, 1.165) is 31.7 Å². The van der Waals surface area contributed by atoms with E-state index in [9.17, 15) is 14.2 Å². The SMILES string of the molecule is CCOC(=O)C(COCC[Si](C)(C)C)(OC[C@H]1O[C@@H](n2ncc3c(N(C(=O)OC(C)(C)C)C4CCCC4)nc(Cl)nc32)[C@@H]2OC(C)(C)O[C@@H]21)P(C)(C)=O. The summed E-state index contributed by atoms with van der Waals surface area (Å²) in [6.45, 7) is 20.4. The smallest absolute Gasteiger partial charge is 0.416 e. The first-order valence-corrected chi connectivity index (χ1v) is 25.1. The third kappa shape index (κ3) is 9.45. The van der Waals surface area contributed by atoms with Crippen molar-refractivity contribution in [3.63, 3.8) is 0 Å². The summed E-state index contributed by atoms with van der Waals surface area (Å²) < 4.78 is 58.5. The zero-order chi connectivity index (χ0) is 39.1. The largest absolute Gasteiger partial charge is 0.463 e. The summed E-state index contributed by atoms with van der Waals surface area (Å²) >= 11 is 6.57. The molecule has 5 rings (SSSR count). The maximum absolute atomic E-state index is 13.9. The van der Waals surface area contributed by atoms with Gasteiger partial charge in [0.05, 0.1) is 31.4 Å². The number of hydrogen-bond donors (Lipinski definition) is 0. The van der Waals surface area contributed by atoms with Crippen molar-refractivity contribution in [2.75, 3.05) is 44.7 Å². The van der Waals surface area contributed by atoms with Crippen LogP contribution in [0.3, 0.4) is 0 Å². The van der Waals surface area contributed by atoms with Crippen LogP contribution in [0, 0.1) is 0 Å². The van der Waals surface area contributed by atoms with Gasteiger partial charge in [-0.05, 0) is 85.4 Å².